The van der Waals surface area contributed by atoms with Gasteiger partial charge >= 0.3 is 5.97 Å². The summed E-state index contributed by atoms with van der Waals surface area (Å²) in [6, 6.07) is 5.62. The summed E-state index contributed by atoms with van der Waals surface area (Å²) in [4.78, 5) is 15.3. The number of hydrogen-bond acceptors (Lipinski definition) is 4. The molecule has 1 heterocycles. The zero-order valence-electron chi connectivity index (χ0n) is 13.4. The van der Waals surface area contributed by atoms with Crippen molar-refractivity contribution in [1.82, 2.24) is 10.3 Å². The highest BCUT2D eigenvalue weighted by Crippen LogP contribution is 2.25. The third-order valence-electron chi connectivity index (χ3n) is 3.50. The van der Waals surface area contributed by atoms with Crippen molar-refractivity contribution in [1.29, 1.82) is 0 Å². The standard InChI is InChI=1S/C17H24N2O3/c1-4-18-16(17(20)22-6-3)9-12-11-19-15-8-7-13(21-5-2)10-14(12)15/h7-8,10-11,16,18-19H,4-6,9H2,1-3H3/t16-/m0/s1. The molecule has 0 aliphatic heterocycles. The van der Waals surface area contributed by atoms with Crippen LogP contribution in [0.4, 0.5) is 0 Å². The van der Waals surface area contributed by atoms with Gasteiger partial charge in [-0.25, -0.2) is 0 Å². The molecule has 0 saturated carbocycles. The molecule has 120 valence electrons. The van der Waals surface area contributed by atoms with Gasteiger partial charge in [0, 0.05) is 23.5 Å². The Kier molecular flexibility index (Phi) is 5.83. The predicted octanol–water partition coefficient (Wildman–Crippen LogP) is 2.65. The fraction of sp³-hybridized carbons (Fsp3) is 0.471. The molecule has 1 atom stereocenters. The van der Waals surface area contributed by atoms with Gasteiger partial charge in [-0.05, 0) is 44.2 Å². The number of benzene rings is 1. The van der Waals surface area contributed by atoms with Crippen LogP contribution in [-0.4, -0.2) is 36.8 Å². The molecule has 5 heteroatoms. The summed E-state index contributed by atoms with van der Waals surface area (Å²) in [6.07, 6.45) is 2.53. The second-order valence-corrected chi connectivity index (χ2v) is 5.02. The summed E-state index contributed by atoms with van der Waals surface area (Å²) in [5, 5.41) is 4.27. The third kappa shape index (κ3) is 3.80. The minimum absolute atomic E-state index is 0.209. The minimum atomic E-state index is -0.334. The molecule has 0 aliphatic carbocycles. The molecule has 0 spiro atoms. The molecule has 0 fully saturated rings. The number of fused-ring (bicyclic) bond motifs is 1. The zero-order valence-corrected chi connectivity index (χ0v) is 13.4. The fourth-order valence-electron chi connectivity index (χ4n) is 2.53. The van der Waals surface area contributed by atoms with Crippen LogP contribution in [0.25, 0.3) is 10.9 Å². The first-order valence-electron chi connectivity index (χ1n) is 7.82. The third-order valence-corrected chi connectivity index (χ3v) is 3.50. The Morgan fingerprint density at radius 1 is 1.27 bits per heavy atom. The molecular formula is C17H24N2O3. The maximum absolute atomic E-state index is 12.0. The van der Waals surface area contributed by atoms with E-state index in [2.05, 4.69) is 10.3 Å². The summed E-state index contributed by atoms with van der Waals surface area (Å²) in [6.45, 7) is 7.51. The van der Waals surface area contributed by atoms with Crippen LogP contribution >= 0.6 is 0 Å². The Bertz CT molecular complexity index is 621. The number of nitrogens with one attached hydrogen (secondary N) is 2. The van der Waals surface area contributed by atoms with Gasteiger partial charge in [0.05, 0.1) is 13.2 Å². The van der Waals surface area contributed by atoms with Crippen molar-refractivity contribution in [2.45, 2.75) is 33.2 Å². The SMILES string of the molecule is CCN[C@@H](Cc1c[nH]c2ccc(OCC)cc12)C(=O)OCC. The van der Waals surface area contributed by atoms with E-state index in [4.69, 9.17) is 9.47 Å². The van der Waals surface area contributed by atoms with E-state index in [0.717, 1.165) is 28.8 Å². The van der Waals surface area contributed by atoms with Crippen LogP contribution < -0.4 is 10.1 Å². The number of hydrogen-bond donors (Lipinski definition) is 2. The van der Waals surface area contributed by atoms with E-state index in [1.807, 2.05) is 45.2 Å². The van der Waals surface area contributed by atoms with Crippen LogP contribution in [-0.2, 0) is 16.0 Å². The van der Waals surface area contributed by atoms with Gasteiger partial charge in [-0.1, -0.05) is 6.92 Å². The van der Waals surface area contributed by atoms with Gasteiger partial charge in [-0.2, -0.15) is 0 Å². The van der Waals surface area contributed by atoms with Crippen LogP contribution in [0, 0.1) is 0 Å². The predicted molar refractivity (Wildman–Crippen MR) is 87.3 cm³/mol. The summed E-state index contributed by atoms with van der Waals surface area (Å²) < 4.78 is 10.7. The molecule has 0 amide bonds. The van der Waals surface area contributed by atoms with Crippen LogP contribution in [0.15, 0.2) is 24.4 Å². The highest BCUT2D eigenvalue weighted by atomic mass is 16.5. The number of aromatic nitrogens is 1. The van der Waals surface area contributed by atoms with Gasteiger partial charge in [0.15, 0.2) is 0 Å². The summed E-state index contributed by atoms with van der Waals surface area (Å²) in [7, 11) is 0. The van der Waals surface area contributed by atoms with Gasteiger partial charge in [0.1, 0.15) is 11.8 Å². The van der Waals surface area contributed by atoms with E-state index in [9.17, 15) is 4.79 Å². The number of carbonyl (C=O) groups is 1. The molecule has 0 saturated heterocycles. The number of aromatic amines is 1. The lowest BCUT2D eigenvalue weighted by molar-refractivity contribution is -0.145. The molecule has 0 radical (unpaired) electrons. The summed E-state index contributed by atoms with van der Waals surface area (Å²) in [5.41, 5.74) is 2.12. The van der Waals surface area contributed by atoms with Crippen molar-refractivity contribution in [3.05, 3.63) is 30.0 Å². The Morgan fingerprint density at radius 2 is 2.09 bits per heavy atom. The molecule has 1 aromatic carbocycles. The van der Waals surface area contributed by atoms with E-state index in [0.29, 0.717) is 19.6 Å². The second-order valence-electron chi connectivity index (χ2n) is 5.02. The number of H-pyrrole nitrogens is 1. The van der Waals surface area contributed by atoms with E-state index >= 15 is 0 Å². The van der Waals surface area contributed by atoms with Crippen molar-refractivity contribution in [2.24, 2.45) is 0 Å². The van der Waals surface area contributed by atoms with Gasteiger partial charge in [0.2, 0.25) is 0 Å². The topological polar surface area (TPSA) is 63.3 Å². The van der Waals surface area contributed by atoms with Crippen molar-refractivity contribution < 1.29 is 14.3 Å². The Morgan fingerprint density at radius 3 is 2.77 bits per heavy atom. The molecule has 2 N–H and O–H groups in total. The lowest BCUT2D eigenvalue weighted by Crippen LogP contribution is -2.39. The first-order chi connectivity index (χ1) is 10.7. The monoisotopic (exact) mass is 304 g/mol. The largest absolute Gasteiger partial charge is 0.494 e. The van der Waals surface area contributed by atoms with Crippen LogP contribution in [0.5, 0.6) is 5.75 Å². The van der Waals surface area contributed by atoms with Crippen molar-refractivity contribution in [3.8, 4) is 5.75 Å². The maximum Gasteiger partial charge on any atom is 0.323 e. The number of rotatable bonds is 8. The normalized spacial score (nSPS) is 12.3. The van der Waals surface area contributed by atoms with Crippen LogP contribution in [0.2, 0.25) is 0 Å². The zero-order chi connectivity index (χ0) is 15.9. The molecule has 0 unspecified atom stereocenters. The van der Waals surface area contributed by atoms with E-state index < -0.39 is 0 Å². The first kappa shape index (κ1) is 16.4. The quantitative estimate of drug-likeness (QED) is 0.736. The highest BCUT2D eigenvalue weighted by Gasteiger charge is 2.20. The van der Waals surface area contributed by atoms with Gasteiger partial charge < -0.3 is 19.8 Å². The summed E-state index contributed by atoms with van der Waals surface area (Å²) in [5.74, 6) is 0.631. The van der Waals surface area contributed by atoms with E-state index in [1.165, 1.54) is 0 Å². The Labute approximate surface area is 131 Å². The van der Waals surface area contributed by atoms with E-state index in [-0.39, 0.29) is 12.0 Å². The van der Waals surface area contributed by atoms with Crippen LogP contribution in [0.1, 0.15) is 26.3 Å². The minimum Gasteiger partial charge on any atom is -0.494 e. The van der Waals surface area contributed by atoms with Gasteiger partial charge in [0.25, 0.3) is 0 Å². The second kappa shape index (κ2) is 7.84. The van der Waals surface area contributed by atoms with Crippen molar-refractivity contribution in [2.75, 3.05) is 19.8 Å². The first-order valence-corrected chi connectivity index (χ1v) is 7.82. The van der Waals surface area contributed by atoms with Crippen LogP contribution in [0.3, 0.4) is 0 Å². The Balaban J connectivity index is 2.24. The number of carbonyl (C=O) groups excluding carboxylic acids is 1. The molecule has 22 heavy (non-hydrogen) atoms. The molecule has 5 nitrogen and oxygen atoms in total. The maximum atomic E-state index is 12.0. The van der Waals surface area contributed by atoms with Crippen molar-refractivity contribution in [3.63, 3.8) is 0 Å². The number of likely N-dealkylation sites (N-methyl/N-ethyl adjacent to an activating group) is 1. The Hall–Kier alpha value is -2.01. The van der Waals surface area contributed by atoms with Gasteiger partial charge in [-0.3, -0.25) is 4.79 Å². The average Bonchev–Trinajstić information content (AvgIpc) is 2.90. The lowest BCUT2D eigenvalue weighted by atomic mass is 10.0. The van der Waals surface area contributed by atoms with Gasteiger partial charge in [-0.15, -0.1) is 0 Å². The van der Waals surface area contributed by atoms with Crippen molar-refractivity contribution >= 4 is 16.9 Å². The molecule has 1 aromatic heterocycles. The summed E-state index contributed by atoms with van der Waals surface area (Å²) >= 11 is 0. The number of ether oxygens (including phenoxy) is 2. The number of esters is 1. The molecule has 0 bridgehead atoms. The molecule has 0 aliphatic rings. The van der Waals surface area contributed by atoms with E-state index in [1.54, 1.807) is 0 Å². The smallest absolute Gasteiger partial charge is 0.323 e. The molecule has 2 aromatic rings. The lowest BCUT2D eigenvalue weighted by Gasteiger charge is -2.16. The fourth-order valence-corrected chi connectivity index (χ4v) is 2.53. The molecular weight excluding hydrogens is 280 g/mol. The average molecular weight is 304 g/mol. The highest BCUT2D eigenvalue weighted by molar-refractivity contribution is 5.86. The molecule has 2 rings (SSSR count).